The normalized spacial score (nSPS) is 14.3. The Morgan fingerprint density at radius 2 is 2.16 bits per heavy atom. The number of aromatic hydroxyl groups is 1. The Balaban J connectivity index is 2.13. The van der Waals surface area contributed by atoms with Gasteiger partial charge in [-0.3, -0.25) is 0 Å². The Morgan fingerprint density at radius 1 is 1.37 bits per heavy atom. The third-order valence-electron chi connectivity index (χ3n) is 3.21. The number of nitrogens with one attached hydrogen (secondary N) is 1. The summed E-state index contributed by atoms with van der Waals surface area (Å²) in [6.07, 6.45) is 0.965. The minimum Gasteiger partial charge on any atom is -0.508 e. The molecular weight excluding hydrogens is 261 g/mol. The smallest absolute Gasteiger partial charge is 0.126 e. The van der Waals surface area contributed by atoms with Gasteiger partial charge < -0.3 is 10.4 Å². The lowest BCUT2D eigenvalue weighted by Gasteiger charge is -2.22. The zero-order valence-electron chi connectivity index (χ0n) is 11.1. The van der Waals surface area contributed by atoms with Gasteiger partial charge in [0.1, 0.15) is 11.6 Å². The highest BCUT2D eigenvalue weighted by molar-refractivity contribution is 7.10. The number of phenolic OH excluding ortho intramolecular Hbond substituents is 1. The monoisotopic (exact) mass is 279 g/mol. The molecule has 102 valence electrons. The van der Waals surface area contributed by atoms with E-state index in [2.05, 4.69) is 23.7 Å². The molecule has 1 heterocycles. The molecule has 1 aromatic carbocycles. The van der Waals surface area contributed by atoms with Crippen LogP contribution in [0.2, 0.25) is 0 Å². The van der Waals surface area contributed by atoms with E-state index in [1.165, 1.54) is 10.9 Å². The first kappa shape index (κ1) is 14.0. The molecule has 1 aromatic heterocycles. The predicted octanol–water partition coefficient (Wildman–Crippen LogP) is 4.39. The van der Waals surface area contributed by atoms with Crippen LogP contribution in [0.5, 0.6) is 5.75 Å². The van der Waals surface area contributed by atoms with Gasteiger partial charge in [0.2, 0.25) is 0 Å². The summed E-state index contributed by atoms with van der Waals surface area (Å²) < 4.78 is 13.0. The number of halogens is 1. The van der Waals surface area contributed by atoms with Gasteiger partial charge in [0, 0.05) is 28.6 Å². The molecule has 0 radical (unpaired) electrons. The zero-order valence-corrected chi connectivity index (χ0v) is 11.9. The highest BCUT2D eigenvalue weighted by Crippen LogP contribution is 2.29. The summed E-state index contributed by atoms with van der Waals surface area (Å²) in [5, 5.41) is 15.3. The first-order valence-corrected chi connectivity index (χ1v) is 7.27. The van der Waals surface area contributed by atoms with Crippen molar-refractivity contribution in [1.29, 1.82) is 0 Å². The van der Waals surface area contributed by atoms with E-state index in [1.54, 1.807) is 17.4 Å². The van der Waals surface area contributed by atoms with Crippen LogP contribution in [0.4, 0.5) is 4.39 Å². The molecule has 0 amide bonds. The van der Waals surface area contributed by atoms with E-state index in [0.29, 0.717) is 0 Å². The van der Waals surface area contributed by atoms with Crippen LogP contribution in [0.1, 0.15) is 42.8 Å². The van der Waals surface area contributed by atoms with E-state index in [9.17, 15) is 9.50 Å². The van der Waals surface area contributed by atoms with Crippen molar-refractivity contribution in [3.05, 3.63) is 52.0 Å². The maximum atomic E-state index is 13.0. The second-order valence-corrected chi connectivity index (χ2v) is 5.55. The van der Waals surface area contributed by atoms with Crippen molar-refractivity contribution in [3.8, 4) is 5.75 Å². The molecule has 0 bridgehead atoms. The molecule has 0 saturated carbocycles. The minimum atomic E-state index is -0.418. The fourth-order valence-electron chi connectivity index (χ4n) is 2.17. The standard InChI is InChI=1S/C15H18FNOS/c1-3-13(15-5-4-8-19-15)17-10(2)12-7-6-11(16)9-14(12)18/h4-10,13,17-18H,3H2,1-2H3. The number of phenols is 1. The number of hydrogen-bond donors (Lipinski definition) is 2. The van der Waals surface area contributed by atoms with Crippen LogP contribution >= 0.6 is 11.3 Å². The quantitative estimate of drug-likeness (QED) is 0.850. The summed E-state index contributed by atoms with van der Waals surface area (Å²) in [7, 11) is 0. The van der Waals surface area contributed by atoms with E-state index in [-0.39, 0.29) is 17.8 Å². The third-order valence-corrected chi connectivity index (χ3v) is 4.19. The lowest BCUT2D eigenvalue weighted by molar-refractivity contribution is 0.423. The fourth-order valence-corrected chi connectivity index (χ4v) is 3.04. The zero-order chi connectivity index (χ0) is 13.8. The van der Waals surface area contributed by atoms with Gasteiger partial charge >= 0.3 is 0 Å². The van der Waals surface area contributed by atoms with Gasteiger partial charge in [0.25, 0.3) is 0 Å². The predicted molar refractivity (Wildman–Crippen MR) is 77.0 cm³/mol. The Bertz CT molecular complexity index is 527. The van der Waals surface area contributed by atoms with Crippen LogP contribution in [0.3, 0.4) is 0 Å². The van der Waals surface area contributed by atoms with Crippen molar-refractivity contribution in [2.45, 2.75) is 32.4 Å². The van der Waals surface area contributed by atoms with Crippen LogP contribution in [0.25, 0.3) is 0 Å². The van der Waals surface area contributed by atoms with Crippen LogP contribution < -0.4 is 5.32 Å². The number of rotatable bonds is 5. The average Bonchev–Trinajstić information content (AvgIpc) is 2.89. The molecule has 2 nitrogen and oxygen atoms in total. The summed E-state index contributed by atoms with van der Waals surface area (Å²) in [5.74, 6) is -0.417. The van der Waals surface area contributed by atoms with E-state index in [0.717, 1.165) is 18.1 Å². The van der Waals surface area contributed by atoms with Gasteiger partial charge in [-0.05, 0) is 30.9 Å². The topological polar surface area (TPSA) is 32.3 Å². The maximum Gasteiger partial charge on any atom is 0.126 e. The van der Waals surface area contributed by atoms with Crippen molar-refractivity contribution < 1.29 is 9.50 Å². The SMILES string of the molecule is CCC(NC(C)c1ccc(F)cc1O)c1cccs1. The van der Waals surface area contributed by atoms with E-state index < -0.39 is 5.82 Å². The molecular formula is C15H18FNOS. The molecule has 0 aliphatic heterocycles. The van der Waals surface area contributed by atoms with Crippen LogP contribution in [-0.2, 0) is 0 Å². The van der Waals surface area contributed by atoms with Crippen molar-refractivity contribution >= 4 is 11.3 Å². The average molecular weight is 279 g/mol. The molecule has 4 heteroatoms. The number of hydrogen-bond acceptors (Lipinski definition) is 3. The molecule has 2 aromatic rings. The summed E-state index contributed by atoms with van der Waals surface area (Å²) in [4.78, 5) is 1.27. The molecule has 0 aliphatic carbocycles. The van der Waals surface area contributed by atoms with Crippen LogP contribution in [0, 0.1) is 5.82 Å². The molecule has 2 N–H and O–H groups in total. The summed E-state index contributed by atoms with van der Waals surface area (Å²) in [5.41, 5.74) is 0.719. The van der Waals surface area contributed by atoms with Crippen molar-refractivity contribution in [2.24, 2.45) is 0 Å². The maximum absolute atomic E-state index is 13.0. The molecule has 0 fully saturated rings. The summed E-state index contributed by atoms with van der Waals surface area (Å²) >= 11 is 1.71. The molecule has 2 unspecified atom stereocenters. The first-order valence-electron chi connectivity index (χ1n) is 6.39. The van der Waals surface area contributed by atoms with Gasteiger partial charge in [0.15, 0.2) is 0 Å². The van der Waals surface area contributed by atoms with Gasteiger partial charge in [-0.2, -0.15) is 0 Å². The highest BCUT2D eigenvalue weighted by atomic mass is 32.1. The Morgan fingerprint density at radius 3 is 2.74 bits per heavy atom. The lowest BCUT2D eigenvalue weighted by atomic mass is 10.0. The molecule has 0 saturated heterocycles. The molecule has 19 heavy (non-hydrogen) atoms. The third kappa shape index (κ3) is 3.33. The van der Waals surface area contributed by atoms with Gasteiger partial charge in [-0.15, -0.1) is 11.3 Å². The summed E-state index contributed by atoms with van der Waals surface area (Å²) in [6, 6.07) is 8.50. The second kappa shape index (κ2) is 6.17. The number of thiophene rings is 1. The van der Waals surface area contributed by atoms with Crippen molar-refractivity contribution in [3.63, 3.8) is 0 Å². The first-order chi connectivity index (χ1) is 9.11. The second-order valence-electron chi connectivity index (χ2n) is 4.57. The Hall–Kier alpha value is -1.39. The van der Waals surface area contributed by atoms with Crippen LogP contribution in [-0.4, -0.2) is 5.11 Å². The van der Waals surface area contributed by atoms with Crippen molar-refractivity contribution in [1.82, 2.24) is 5.32 Å². The molecule has 0 aliphatic rings. The van der Waals surface area contributed by atoms with E-state index in [4.69, 9.17) is 0 Å². The van der Waals surface area contributed by atoms with E-state index in [1.807, 2.05) is 13.0 Å². The Kier molecular flexibility index (Phi) is 4.56. The van der Waals surface area contributed by atoms with Crippen molar-refractivity contribution in [2.75, 3.05) is 0 Å². The minimum absolute atomic E-state index is 0.000956. The number of benzene rings is 1. The van der Waals surface area contributed by atoms with Gasteiger partial charge in [-0.25, -0.2) is 4.39 Å². The van der Waals surface area contributed by atoms with E-state index >= 15 is 0 Å². The highest BCUT2D eigenvalue weighted by Gasteiger charge is 2.17. The summed E-state index contributed by atoms with van der Waals surface area (Å²) in [6.45, 7) is 4.10. The largest absolute Gasteiger partial charge is 0.508 e. The molecule has 2 atom stereocenters. The van der Waals surface area contributed by atoms with Gasteiger partial charge in [0.05, 0.1) is 0 Å². The Labute approximate surface area is 116 Å². The fraction of sp³-hybridized carbons (Fsp3) is 0.333. The van der Waals surface area contributed by atoms with Gasteiger partial charge in [-0.1, -0.05) is 19.1 Å². The van der Waals surface area contributed by atoms with Crippen LogP contribution in [0.15, 0.2) is 35.7 Å². The molecule has 2 rings (SSSR count). The molecule has 0 spiro atoms. The lowest BCUT2D eigenvalue weighted by Crippen LogP contribution is -2.23.